The van der Waals surface area contributed by atoms with Crippen molar-refractivity contribution in [3.8, 4) is 11.3 Å². The number of carbonyl (C=O) groups excluding carboxylic acids is 1. The van der Waals surface area contributed by atoms with Gasteiger partial charge in [0.15, 0.2) is 0 Å². The number of carbonyl (C=O) groups is 1. The van der Waals surface area contributed by atoms with Crippen LogP contribution in [0.5, 0.6) is 0 Å². The second kappa shape index (κ2) is 6.88. The molecule has 0 saturated heterocycles. The molecule has 0 radical (unpaired) electrons. The molecule has 0 aliphatic heterocycles. The van der Waals surface area contributed by atoms with Crippen molar-refractivity contribution in [1.82, 2.24) is 20.3 Å². The molecule has 26 heavy (non-hydrogen) atoms. The van der Waals surface area contributed by atoms with E-state index in [0.29, 0.717) is 6.42 Å². The minimum Gasteiger partial charge on any atom is -0.361 e. The predicted octanol–water partition coefficient (Wildman–Crippen LogP) is 3.98. The highest BCUT2D eigenvalue weighted by Gasteiger charge is 2.15. The third-order valence-electron chi connectivity index (χ3n) is 4.49. The molecule has 2 heterocycles. The van der Waals surface area contributed by atoms with Crippen molar-refractivity contribution in [2.45, 2.75) is 19.4 Å². The van der Waals surface area contributed by atoms with Crippen molar-refractivity contribution in [3.05, 3.63) is 78.4 Å². The zero-order chi connectivity index (χ0) is 17.9. The number of H-pyrrole nitrogens is 2. The van der Waals surface area contributed by atoms with Crippen LogP contribution < -0.4 is 5.32 Å². The Balaban J connectivity index is 1.44. The minimum absolute atomic E-state index is 0.0279. The van der Waals surface area contributed by atoms with Gasteiger partial charge in [0, 0.05) is 17.1 Å². The van der Waals surface area contributed by atoms with Crippen molar-refractivity contribution >= 4 is 16.8 Å². The van der Waals surface area contributed by atoms with E-state index in [0.717, 1.165) is 33.5 Å². The number of amides is 1. The maximum Gasteiger partial charge on any atom is 0.225 e. The van der Waals surface area contributed by atoms with Crippen molar-refractivity contribution in [1.29, 1.82) is 0 Å². The molecule has 3 N–H and O–H groups in total. The van der Waals surface area contributed by atoms with Crippen LogP contribution in [0.3, 0.4) is 0 Å². The standard InChI is InChI=1S/C21H20N4O/c1-14(21-23-13-19(25-21)15-7-3-2-4-8-15)24-20(26)11-16-12-22-18-10-6-5-9-17(16)18/h2-10,12-14,22H,11H2,1H3,(H,23,25)(H,24,26)/t14-/m1/s1. The van der Waals surface area contributed by atoms with Crippen LogP contribution in [-0.4, -0.2) is 20.9 Å². The lowest BCUT2D eigenvalue weighted by molar-refractivity contribution is -0.121. The third kappa shape index (κ3) is 3.24. The Morgan fingerprint density at radius 3 is 2.73 bits per heavy atom. The summed E-state index contributed by atoms with van der Waals surface area (Å²) in [6.45, 7) is 1.93. The monoisotopic (exact) mass is 344 g/mol. The summed E-state index contributed by atoms with van der Waals surface area (Å²) in [4.78, 5) is 23.4. The van der Waals surface area contributed by atoms with Gasteiger partial charge >= 0.3 is 0 Å². The van der Waals surface area contributed by atoms with E-state index in [1.54, 1.807) is 6.20 Å². The first-order valence-electron chi connectivity index (χ1n) is 8.65. The quantitative estimate of drug-likeness (QED) is 0.512. The molecule has 5 heteroatoms. The normalized spacial score (nSPS) is 12.2. The number of benzene rings is 2. The Bertz CT molecular complexity index is 1030. The molecule has 2 aromatic heterocycles. The van der Waals surface area contributed by atoms with Crippen molar-refractivity contribution in [2.75, 3.05) is 0 Å². The lowest BCUT2D eigenvalue weighted by Crippen LogP contribution is -2.28. The van der Waals surface area contributed by atoms with E-state index in [-0.39, 0.29) is 11.9 Å². The van der Waals surface area contributed by atoms with Crippen LogP contribution >= 0.6 is 0 Å². The van der Waals surface area contributed by atoms with E-state index in [9.17, 15) is 4.79 Å². The number of fused-ring (bicyclic) bond motifs is 1. The predicted molar refractivity (Wildman–Crippen MR) is 103 cm³/mol. The summed E-state index contributed by atoms with van der Waals surface area (Å²) in [5.74, 6) is 0.719. The molecule has 4 aromatic rings. The molecule has 5 nitrogen and oxygen atoms in total. The fourth-order valence-electron chi connectivity index (χ4n) is 3.13. The van der Waals surface area contributed by atoms with E-state index in [4.69, 9.17) is 0 Å². The number of nitrogens with one attached hydrogen (secondary N) is 3. The molecule has 1 amide bonds. The first-order valence-corrected chi connectivity index (χ1v) is 8.65. The molecule has 0 unspecified atom stereocenters. The first kappa shape index (κ1) is 16.1. The van der Waals surface area contributed by atoms with E-state index in [1.165, 1.54) is 0 Å². The third-order valence-corrected chi connectivity index (χ3v) is 4.49. The number of aromatic nitrogens is 3. The summed E-state index contributed by atoms with van der Waals surface area (Å²) >= 11 is 0. The Morgan fingerprint density at radius 2 is 1.88 bits per heavy atom. The van der Waals surface area contributed by atoms with Gasteiger partial charge in [-0.15, -0.1) is 0 Å². The molecule has 4 rings (SSSR count). The van der Waals surface area contributed by atoms with Gasteiger partial charge in [-0.2, -0.15) is 0 Å². The largest absolute Gasteiger partial charge is 0.361 e. The Hall–Kier alpha value is -3.34. The minimum atomic E-state index is -0.190. The lowest BCUT2D eigenvalue weighted by atomic mass is 10.1. The molecule has 0 aliphatic rings. The Morgan fingerprint density at radius 1 is 1.12 bits per heavy atom. The smallest absolute Gasteiger partial charge is 0.225 e. The maximum atomic E-state index is 12.4. The molecule has 0 spiro atoms. The van der Waals surface area contributed by atoms with Crippen LogP contribution in [0, 0.1) is 0 Å². The van der Waals surface area contributed by atoms with Gasteiger partial charge in [0.2, 0.25) is 5.91 Å². The fraction of sp³-hybridized carbons (Fsp3) is 0.143. The zero-order valence-electron chi connectivity index (χ0n) is 14.5. The molecule has 0 bridgehead atoms. The highest BCUT2D eigenvalue weighted by molar-refractivity contribution is 5.88. The molecule has 2 aromatic carbocycles. The second-order valence-electron chi connectivity index (χ2n) is 6.37. The van der Waals surface area contributed by atoms with Crippen molar-refractivity contribution < 1.29 is 4.79 Å². The number of nitrogens with zero attached hydrogens (tertiary/aromatic N) is 1. The van der Waals surface area contributed by atoms with Crippen molar-refractivity contribution in [3.63, 3.8) is 0 Å². The first-order chi connectivity index (χ1) is 12.7. The number of aromatic amines is 2. The summed E-state index contributed by atoms with van der Waals surface area (Å²) in [6, 6.07) is 17.8. The van der Waals surface area contributed by atoms with E-state index in [2.05, 4.69) is 20.3 Å². The second-order valence-corrected chi connectivity index (χ2v) is 6.37. The topological polar surface area (TPSA) is 73.6 Å². The van der Waals surface area contributed by atoms with Crippen LogP contribution in [0.4, 0.5) is 0 Å². The van der Waals surface area contributed by atoms with Gasteiger partial charge in [0.1, 0.15) is 5.82 Å². The SMILES string of the molecule is C[C@@H](NC(=O)Cc1c[nH]c2ccccc12)c1ncc(-c2ccccc2)[nH]1. The summed E-state index contributed by atoms with van der Waals surface area (Å²) < 4.78 is 0. The number of rotatable bonds is 5. The zero-order valence-corrected chi connectivity index (χ0v) is 14.5. The highest BCUT2D eigenvalue weighted by atomic mass is 16.1. The van der Waals surface area contributed by atoms with E-state index >= 15 is 0 Å². The fourth-order valence-corrected chi connectivity index (χ4v) is 3.13. The van der Waals surface area contributed by atoms with Gasteiger partial charge in [0.25, 0.3) is 0 Å². The van der Waals surface area contributed by atoms with Gasteiger partial charge in [-0.05, 0) is 24.1 Å². The van der Waals surface area contributed by atoms with Gasteiger partial charge in [-0.3, -0.25) is 4.79 Å². The summed E-state index contributed by atoms with van der Waals surface area (Å²) in [5, 5.41) is 4.10. The Labute approximate surface area is 151 Å². The molecule has 0 aliphatic carbocycles. The molecular formula is C21H20N4O. The highest BCUT2D eigenvalue weighted by Crippen LogP contribution is 2.20. The molecule has 1 atom stereocenters. The maximum absolute atomic E-state index is 12.4. The van der Waals surface area contributed by atoms with Gasteiger partial charge in [-0.1, -0.05) is 48.5 Å². The number of hydrogen-bond acceptors (Lipinski definition) is 2. The number of imidazole rings is 1. The summed E-state index contributed by atoms with van der Waals surface area (Å²) in [5.41, 5.74) is 4.05. The number of hydrogen-bond donors (Lipinski definition) is 3. The van der Waals surface area contributed by atoms with Crippen LogP contribution in [0.1, 0.15) is 24.4 Å². The van der Waals surface area contributed by atoms with Crippen LogP contribution in [0.25, 0.3) is 22.2 Å². The van der Waals surface area contributed by atoms with Gasteiger partial charge in [0.05, 0.1) is 24.4 Å². The van der Waals surface area contributed by atoms with Crippen LogP contribution in [0.15, 0.2) is 67.0 Å². The molecule has 130 valence electrons. The van der Waals surface area contributed by atoms with Crippen LogP contribution in [-0.2, 0) is 11.2 Å². The number of para-hydroxylation sites is 1. The van der Waals surface area contributed by atoms with E-state index < -0.39 is 0 Å². The lowest BCUT2D eigenvalue weighted by Gasteiger charge is -2.11. The Kier molecular flexibility index (Phi) is 4.27. The van der Waals surface area contributed by atoms with Crippen molar-refractivity contribution in [2.24, 2.45) is 0 Å². The van der Waals surface area contributed by atoms with E-state index in [1.807, 2.05) is 67.7 Å². The average molecular weight is 344 g/mol. The average Bonchev–Trinajstić information content (AvgIpc) is 3.30. The summed E-state index contributed by atoms with van der Waals surface area (Å²) in [6.07, 6.45) is 4.03. The molecular weight excluding hydrogens is 324 g/mol. The van der Waals surface area contributed by atoms with Gasteiger partial charge < -0.3 is 15.3 Å². The molecule has 0 saturated carbocycles. The van der Waals surface area contributed by atoms with Gasteiger partial charge in [-0.25, -0.2) is 4.98 Å². The van der Waals surface area contributed by atoms with Crippen LogP contribution in [0.2, 0.25) is 0 Å². The summed E-state index contributed by atoms with van der Waals surface area (Å²) in [7, 11) is 0. The molecule has 0 fully saturated rings.